The van der Waals surface area contributed by atoms with Gasteiger partial charge in [0.25, 0.3) is 0 Å². The van der Waals surface area contributed by atoms with Gasteiger partial charge in [0.05, 0.1) is 75.3 Å². The van der Waals surface area contributed by atoms with Crippen molar-refractivity contribution < 1.29 is 18.9 Å². The van der Waals surface area contributed by atoms with Crippen molar-refractivity contribution in [3.05, 3.63) is 42.5 Å². The summed E-state index contributed by atoms with van der Waals surface area (Å²) in [5.74, 6) is 0.750. The molecule has 33 heavy (non-hydrogen) atoms. The number of nitrogens with two attached hydrogens (primary N) is 2. The third-order valence-corrected chi connectivity index (χ3v) is 4.71. The quantitative estimate of drug-likeness (QED) is 0.152. The first kappa shape index (κ1) is 24.6. The third-order valence-electron chi connectivity index (χ3n) is 4.71. The highest BCUT2D eigenvalue weighted by molar-refractivity contribution is 5.77. The molecule has 0 radical (unpaired) electrons. The maximum Gasteiger partial charge on any atom is 0.201 e. The topological polar surface area (TPSA) is 142 Å². The predicted octanol–water partition coefficient (Wildman–Crippen LogP) is 2.32. The molecular weight excluding hydrogens is 424 g/mol. The summed E-state index contributed by atoms with van der Waals surface area (Å²) in [6.45, 7) is 5.70. The Labute approximate surface area is 193 Å². The smallest absolute Gasteiger partial charge is 0.201 e. The molecule has 0 aliphatic rings. The Bertz CT molecular complexity index is 919. The van der Waals surface area contributed by atoms with Gasteiger partial charge in [0, 0.05) is 18.8 Å². The molecule has 7 N–H and O–H groups in total. The number of hydrogen-bond acceptors (Lipinski definition) is 9. The van der Waals surface area contributed by atoms with Crippen molar-refractivity contribution in [2.24, 2.45) is 0 Å². The Balaban J connectivity index is 1.05. The van der Waals surface area contributed by atoms with E-state index in [4.69, 9.17) is 30.4 Å². The van der Waals surface area contributed by atoms with Crippen LogP contribution in [-0.4, -0.2) is 75.9 Å². The van der Waals surface area contributed by atoms with E-state index < -0.39 is 0 Å². The normalized spacial score (nSPS) is 11.2. The summed E-state index contributed by atoms with van der Waals surface area (Å²) in [4.78, 5) is 7.67. The van der Waals surface area contributed by atoms with Crippen LogP contribution in [0.15, 0.2) is 42.5 Å². The van der Waals surface area contributed by atoms with Crippen molar-refractivity contribution in [1.82, 2.24) is 9.97 Å². The largest absolute Gasteiger partial charge is 0.397 e. The number of aromatic amines is 1. The Morgan fingerprint density at radius 2 is 1.30 bits per heavy atom. The molecule has 0 fully saturated rings. The molecule has 0 atom stereocenters. The highest BCUT2D eigenvalue weighted by atomic mass is 16.6. The van der Waals surface area contributed by atoms with Crippen LogP contribution in [-0.2, 0) is 18.9 Å². The number of benzene rings is 2. The molecule has 3 rings (SSSR count). The lowest BCUT2D eigenvalue weighted by atomic mass is 10.2. The molecule has 1 aromatic heterocycles. The van der Waals surface area contributed by atoms with Crippen molar-refractivity contribution in [3.8, 4) is 0 Å². The highest BCUT2D eigenvalue weighted by Gasteiger charge is 2.00. The maximum absolute atomic E-state index is 5.77. The predicted molar refractivity (Wildman–Crippen MR) is 132 cm³/mol. The molecule has 0 saturated carbocycles. The van der Waals surface area contributed by atoms with Gasteiger partial charge in [-0.15, -0.1) is 0 Å². The lowest BCUT2D eigenvalue weighted by molar-refractivity contribution is 0.000292. The molecule has 0 amide bonds. The van der Waals surface area contributed by atoms with Crippen molar-refractivity contribution in [2.45, 2.75) is 0 Å². The van der Waals surface area contributed by atoms with Gasteiger partial charge >= 0.3 is 0 Å². The van der Waals surface area contributed by atoms with Gasteiger partial charge in [0.1, 0.15) is 0 Å². The zero-order valence-electron chi connectivity index (χ0n) is 18.8. The molecule has 180 valence electrons. The summed E-state index contributed by atoms with van der Waals surface area (Å²) in [6, 6.07) is 13.4. The van der Waals surface area contributed by atoms with E-state index >= 15 is 0 Å². The number of nitrogens with one attached hydrogen (secondary N) is 3. The van der Waals surface area contributed by atoms with Crippen molar-refractivity contribution in [1.29, 1.82) is 0 Å². The number of anilines is 4. The molecule has 0 aliphatic carbocycles. The van der Waals surface area contributed by atoms with Gasteiger partial charge in [-0.25, -0.2) is 4.98 Å². The molecule has 1 heterocycles. The minimum atomic E-state index is 0.528. The van der Waals surface area contributed by atoms with E-state index in [2.05, 4.69) is 20.6 Å². The first-order valence-electron chi connectivity index (χ1n) is 11.1. The first-order chi connectivity index (χ1) is 16.2. The SMILES string of the molecule is Nc1ccc(NCCOCCOCCOCCOCCNc2nc3ccccc3[nH]2)cc1N. The van der Waals surface area contributed by atoms with Crippen molar-refractivity contribution in [3.63, 3.8) is 0 Å². The van der Waals surface area contributed by atoms with Gasteiger partial charge in [-0.3, -0.25) is 0 Å². The molecule has 0 aliphatic heterocycles. The van der Waals surface area contributed by atoms with Crippen molar-refractivity contribution >= 4 is 34.0 Å². The van der Waals surface area contributed by atoms with E-state index in [-0.39, 0.29) is 0 Å². The zero-order valence-corrected chi connectivity index (χ0v) is 18.8. The average Bonchev–Trinajstić information content (AvgIpc) is 3.24. The monoisotopic (exact) mass is 458 g/mol. The Hall–Kier alpha value is -3.05. The molecule has 0 bridgehead atoms. The fourth-order valence-electron chi connectivity index (χ4n) is 2.99. The number of hydrogen-bond donors (Lipinski definition) is 5. The van der Waals surface area contributed by atoms with Crippen LogP contribution in [0, 0.1) is 0 Å². The molecule has 0 saturated heterocycles. The van der Waals surface area contributed by atoms with Crippen LogP contribution in [0.1, 0.15) is 0 Å². The third kappa shape index (κ3) is 9.15. The molecule has 3 aromatic rings. The van der Waals surface area contributed by atoms with E-state index in [1.165, 1.54) is 0 Å². The fraction of sp³-hybridized carbons (Fsp3) is 0.435. The van der Waals surface area contributed by atoms with Crippen LogP contribution in [0.3, 0.4) is 0 Å². The molecule has 10 nitrogen and oxygen atoms in total. The summed E-state index contributed by atoms with van der Waals surface area (Å²) in [6.07, 6.45) is 0. The number of aromatic nitrogens is 2. The standard InChI is InChI=1S/C23H34N6O4/c24-19-6-5-18(17-20(19)25)26-7-9-30-11-13-32-15-16-33-14-12-31-10-8-27-23-28-21-3-1-2-4-22(21)29-23/h1-6,17,26H,7-16,24-25H2,(H2,27,28,29). The Morgan fingerprint density at radius 3 is 1.94 bits per heavy atom. The van der Waals surface area contributed by atoms with Gasteiger partial charge in [-0.2, -0.15) is 0 Å². The number of nitrogens with zero attached hydrogens (tertiary/aromatic N) is 1. The number of para-hydroxylation sites is 2. The molecule has 0 spiro atoms. The van der Waals surface area contributed by atoms with Crippen LogP contribution in [0.25, 0.3) is 11.0 Å². The number of fused-ring (bicyclic) bond motifs is 1. The second-order valence-electron chi connectivity index (χ2n) is 7.25. The minimum absolute atomic E-state index is 0.528. The van der Waals surface area contributed by atoms with Crippen LogP contribution in [0.5, 0.6) is 0 Å². The van der Waals surface area contributed by atoms with E-state index in [1.54, 1.807) is 6.07 Å². The second-order valence-corrected chi connectivity index (χ2v) is 7.25. The number of rotatable bonds is 17. The number of ether oxygens (including phenoxy) is 4. The maximum atomic E-state index is 5.77. The van der Waals surface area contributed by atoms with E-state index in [0.29, 0.717) is 77.3 Å². The van der Waals surface area contributed by atoms with Crippen LogP contribution >= 0.6 is 0 Å². The van der Waals surface area contributed by atoms with Crippen LogP contribution in [0.4, 0.5) is 23.0 Å². The summed E-state index contributed by atoms with van der Waals surface area (Å²) < 4.78 is 22.0. The van der Waals surface area contributed by atoms with Crippen LogP contribution in [0.2, 0.25) is 0 Å². The van der Waals surface area contributed by atoms with Gasteiger partial charge in [0.2, 0.25) is 5.95 Å². The number of imidazole rings is 1. The van der Waals surface area contributed by atoms with Crippen LogP contribution < -0.4 is 22.1 Å². The summed E-state index contributed by atoms with van der Waals surface area (Å²) in [7, 11) is 0. The van der Waals surface area contributed by atoms with Gasteiger partial charge in [-0.1, -0.05) is 12.1 Å². The molecule has 2 aromatic carbocycles. The van der Waals surface area contributed by atoms with Gasteiger partial charge in [0.15, 0.2) is 0 Å². The lowest BCUT2D eigenvalue weighted by Crippen LogP contribution is -2.15. The Kier molecular flexibility index (Phi) is 10.6. The highest BCUT2D eigenvalue weighted by Crippen LogP contribution is 2.19. The van der Waals surface area contributed by atoms with E-state index in [1.807, 2.05) is 36.4 Å². The summed E-state index contributed by atoms with van der Waals surface area (Å²) in [5, 5.41) is 6.44. The van der Waals surface area contributed by atoms with Gasteiger partial charge < -0.3 is 46.0 Å². The Morgan fingerprint density at radius 1 is 0.697 bits per heavy atom. The van der Waals surface area contributed by atoms with Crippen molar-refractivity contribution in [2.75, 3.05) is 88.0 Å². The molecule has 10 heteroatoms. The van der Waals surface area contributed by atoms with E-state index in [0.717, 1.165) is 22.7 Å². The molecule has 0 unspecified atom stereocenters. The second kappa shape index (κ2) is 14.2. The fourth-order valence-corrected chi connectivity index (χ4v) is 2.99. The number of nitrogen functional groups attached to an aromatic ring is 2. The average molecular weight is 459 g/mol. The minimum Gasteiger partial charge on any atom is -0.397 e. The molecular formula is C23H34N6O4. The first-order valence-corrected chi connectivity index (χ1v) is 11.1. The number of H-pyrrole nitrogens is 1. The summed E-state index contributed by atoms with van der Waals surface area (Å²) >= 11 is 0. The lowest BCUT2D eigenvalue weighted by Gasteiger charge is -2.09. The zero-order chi connectivity index (χ0) is 23.1. The van der Waals surface area contributed by atoms with Gasteiger partial charge in [-0.05, 0) is 30.3 Å². The van der Waals surface area contributed by atoms with E-state index in [9.17, 15) is 0 Å². The summed E-state index contributed by atoms with van der Waals surface area (Å²) in [5.41, 5.74) is 15.5.